The summed E-state index contributed by atoms with van der Waals surface area (Å²) in [5.41, 5.74) is 0.741. The van der Waals surface area contributed by atoms with Crippen molar-refractivity contribution in [3.8, 4) is 0 Å². The first-order valence-corrected chi connectivity index (χ1v) is 6.52. The monoisotopic (exact) mass is 258 g/mol. The van der Waals surface area contributed by atoms with Gasteiger partial charge in [0.2, 0.25) is 0 Å². The predicted octanol–water partition coefficient (Wildman–Crippen LogP) is 0.627. The molecule has 0 spiro atoms. The molecule has 4 nitrogen and oxygen atoms in total. The minimum absolute atomic E-state index is 0.111. The Hall–Kier alpha value is -0.490. The molecule has 1 N–H and O–H groups in total. The number of hydrogen-bond donors (Lipinski definition) is 1. The lowest BCUT2D eigenvalue weighted by Crippen LogP contribution is -2.62. The Labute approximate surface area is 108 Å². The van der Waals surface area contributed by atoms with Crippen molar-refractivity contribution in [3.63, 3.8) is 0 Å². The van der Waals surface area contributed by atoms with E-state index in [4.69, 9.17) is 4.74 Å². The number of ether oxygens (including phenoxy) is 1. The minimum atomic E-state index is -0.325. The third-order valence-corrected chi connectivity index (χ3v) is 3.91. The maximum atomic E-state index is 12.8. The van der Waals surface area contributed by atoms with Gasteiger partial charge in [0.1, 0.15) is 0 Å². The molecule has 104 valence electrons. The van der Waals surface area contributed by atoms with Crippen LogP contribution in [0.5, 0.6) is 0 Å². The van der Waals surface area contributed by atoms with E-state index in [1.54, 1.807) is 14.0 Å². The van der Waals surface area contributed by atoms with E-state index in [1.807, 2.05) is 0 Å². The number of β-amino-alcohol motifs (C(OH)–C–C–N with tert-alkyl or cyclic N) is 1. The second-order valence-electron chi connectivity index (χ2n) is 5.61. The molecule has 2 heterocycles. The lowest BCUT2D eigenvalue weighted by molar-refractivity contribution is -0.0327. The molecular formula is C13H23FN2O2. The van der Waals surface area contributed by atoms with Crippen molar-refractivity contribution >= 4 is 0 Å². The molecule has 2 rings (SSSR count). The highest BCUT2D eigenvalue weighted by Crippen LogP contribution is 2.36. The fraction of sp³-hybridized carbons (Fsp3) is 0.846. The topological polar surface area (TPSA) is 35.9 Å². The molecule has 0 unspecified atom stereocenters. The van der Waals surface area contributed by atoms with Gasteiger partial charge in [0.25, 0.3) is 0 Å². The van der Waals surface area contributed by atoms with E-state index in [2.05, 4.69) is 9.80 Å². The lowest BCUT2D eigenvalue weighted by atomic mass is 9.93. The molecule has 2 aliphatic rings. The van der Waals surface area contributed by atoms with Gasteiger partial charge in [-0.2, -0.15) is 0 Å². The number of hydrogen-bond acceptors (Lipinski definition) is 4. The standard InChI is InChI=1S/C13H23FN2O2/c1-11(17)7-15-3-4-16-8-12(6-14)5-13(16,9-15)10-18-2/h6,11,17H,3-5,7-10H2,1-2H3/b12-6-/t11-,13+/m0/s1. The van der Waals surface area contributed by atoms with Crippen molar-refractivity contribution in [2.24, 2.45) is 0 Å². The summed E-state index contributed by atoms with van der Waals surface area (Å²) >= 11 is 0. The lowest BCUT2D eigenvalue weighted by Gasteiger charge is -2.46. The Balaban J connectivity index is 2.10. The smallest absolute Gasteiger partial charge is 0.0872 e. The highest BCUT2D eigenvalue weighted by molar-refractivity contribution is 5.19. The molecule has 2 atom stereocenters. The van der Waals surface area contributed by atoms with E-state index in [9.17, 15) is 9.50 Å². The van der Waals surface area contributed by atoms with Crippen molar-refractivity contribution < 1.29 is 14.2 Å². The molecule has 0 amide bonds. The van der Waals surface area contributed by atoms with Crippen LogP contribution in [-0.2, 0) is 4.74 Å². The van der Waals surface area contributed by atoms with Crippen LogP contribution in [0, 0.1) is 0 Å². The van der Waals surface area contributed by atoms with Gasteiger partial charge in [-0.1, -0.05) is 0 Å². The number of aliphatic hydroxyl groups is 1. The highest BCUT2D eigenvalue weighted by atomic mass is 19.1. The normalized spacial score (nSPS) is 33.9. The van der Waals surface area contributed by atoms with Gasteiger partial charge >= 0.3 is 0 Å². The van der Waals surface area contributed by atoms with E-state index in [0.717, 1.165) is 38.0 Å². The van der Waals surface area contributed by atoms with Crippen LogP contribution < -0.4 is 0 Å². The van der Waals surface area contributed by atoms with Gasteiger partial charge in [-0.3, -0.25) is 9.80 Å². The number of piperazine rings is 1. The maximum Gasteiger partial charge on any atom is 0.0872 e. The first-order valence-electron chi connectivity index (χ1n) is 6.52. The first kappa shape index (κ1) is 13.9. The van der Waals surface area contributed by atoms with Gasteiger partial charge in [-0.15, -0.1) is 0 Å². The summed E-state index contributed by atoms with van der Waals surface area (Å²) in [5.74, 6) is 0. The van der Waals surface area contributed by atoms with Gasteiger partial charge in [0.15, 0.2) is 0 Å². The molecule has 0 radical (unpaired) electrons. The van der Waals surface area contributed by atoms with Crippen LogP contribution in [0.15, 0.2) is 11.9 Å². The van der Waals surface area contributed by atoms with Crippen LogP contribution in [0.2, 0.25) is 0 Å². The Kier molecular flexibility index (Phi) is 4.37. The number of halogens is 1. The molecular weight excluding hydrogens is 235 g/mol. The maximum absolute atomic E-state index is 12.8. The SMILES string of the molecule is COC[C@]12C/C(=C/F)CN1CCN(C[C@H](C)O)C2. The molecule has 5 heteroatoms. The zero-order valence-electron chi connectivity index (χ0n) is 11.2. The number of rotatable bonds is 4. The molecule has 0 aromatic rings. The number of methoxy groups -OCH3 is 1. The third-order valence-electron chi connectivity index (χ3n) is 3.91. The van der Waals surface area contributed by atoms with Crippen molar-refractivity contribution in [3.05, 3.63) is 11.9 Å². The fourth-order valence-corrected chi connectivity index (χ4v) is 3.29. The van der Waals surface area contributed by atoms with E-state index in [-0.39, 0.29) is 11.6 Å². The Bertz CT molecular complexity index is 322. The Morgan fingerprint density at radius 1 is 1.56 bits per heavy atom. The summed E-state index contributed by atoms with van der Waals surface area (Å²) in [4.78, 5) is 4.57. The minimum Gasteiger partial charge on any atom is -0.392 e. The third kappa shape index (κ3) is 2.74. The van der Waals surface area contributed by atoms with Gasteiger partial charge in [0, 0.05) is 39.8 Å². The van der Waals surface area contributed by atoms with Crippen LogP contribution >= 0.6 is 0 Å². The second kappa shape index (κ2) is 5.65. The number of nitrogens with zero attached hydrogens (tertiary/aromatic N) is 2. The van der Waals surface area contributed by atoms with Crippen molar-refractivity contribution in [2.45, 2.75) is 25.0 Å². The van der Waals surface area contributed by atoms with Crippen LogP contribution in [0.4, 0.5) is 4.39 Å². The molecule has 0 aliphatic carbocycles. The summed E-state index contributed by atoms with van der Waals surface area (Å²) < 4.78 is 18.1. The van der Waals surface area contributed by atoms with Crippen molar-refractivity contribution in [1.82, 2.24) is 9.80 Å². The van der Waals surface area contributed by atoms with Crippen molar-refractivity contribution in [1.29, 1.82) is 0 Å². The van der Waals surface area contributed by atoms with E-state index in [1.165, 1.54) is 0 Å². The summed E-state index contributed by atoms with van der Waals surface area (Å²) in [6.45, 7) is 6.47. The van der Waals surface area contributed by atoms with E-state index in [0.29, 0.717) is 19.7 Å². The summed E-state index contributed by atoms with van der Waals surface area (Å²) in [6, 6.07) is 0. The fourth-order valence-electron chi connectivity index (χ4n) is 3.29. The molecule has 0 aromatic carbocycles. The molecule has 0 bridgehead atoms. The molecule has 0 aromatic heterocycles. The number of aliphatic hydroxyl groups excluding tert-OH is 1. The Morgan fingerprint density at radius 3 is 2.94 bits per heavy atom. The van der Waals surface area contributed by atoms with Crippen LogP contribution in [0.25, 0.3) is 0 Å². The second-order valence-corrected chi connectivity index (χ2v) is 5.61. The van der Waals surface area contributed by atoms with E-state index >= 15 is 0 Å². The average Bonchev–Trinajstić information content (AvgIpc) is 2.66. The van der Waals surface area contributed by atoms with Crippen molar-refractivity contribution in [2.75, 3.05) is 46.4 Å². The summed E-state index contributed by atoms with van der Waals surface area (Å²) in [7, 11) is 1.69. The van der Waals surface area contributed by atoms with Gasteiger partial charge in [0.05, 0.1) is 24.6 Å². The van der Waals surface area contributed by atoms with Gasteiger partial charge in [-0.25, -0.2) is 4.39 Å². The van der Waals surface area contributed by atoms with Crippen LogP contribution in [0.3, 0.4) is 0 Å². The van der Waals surface area contributed by atoms with Crippen LogP contribution in [0.1, 0.15) is 13.3 Å². The summed E-state index contributed by atoms with van der Waals surface area (Å²) in [5, 5.41) is 9.50. The summed E-state index contributed by atoms with van der Waals surface area (Å²) in [6.07, 6.45) is 1.15. The molecule has 0 saturated carbocycles. The Morgan fingerprint density at radius 2 is 2.33 bits per heavy atom. The highest BCUT2D eigenvalue weighted by Gasteiger charge is 2.46. The van der Waals surface area contributed by atoms with Gasteiger partial charge < -0.3 is 9.84 Å². The van der Waals surface area contributed by atoms with Crippen LogP contribution in [-0.4, -0.2) is 73.0 Å². The number of fused-ring (bicyclic) bond motifs is 1. The van der Waals surface area contributed by atoms with Gasteiger partial charge in [-0.05, 0) is 18.9 Å². The molecule has 18 heavy (non-hydrogen) atoms. The predicted molar refractivity (Wildman–Crippen MR) is 68.1 cm³/mol. The zero-order valence-corrected chi connectivity index (χ0v) is 11.2. The molecule has 2 saturated heterocycles. The first-order chi connectivity index (χ1) is 8.59. The quantitative estimate of drug-likeness (QED) is 0.802. The van der Waals surface area contributed by atoms with E-state index < -0.39 is 0 Å². The zero-order chi connectivity index (χ0) is 13.2. The molecule has 2 fully saturated rings. The largest absolute Gasteiger partial charge is 0.392 e. The molecule has 2 aliphatic heterocycles. The average molecular weight is 258 g/mol.